The molecule has 10 heteroatoms. The van der Waals surface area contributed by atoms with Crippen LogP contribution in [0, 0.1) is 0 Å². The highest BCUT2D eigenvalue weighted by Crippen LogP contribution is 2.29. The summed E-state index contributed by atoms with van der Waals surface area (Å²) in [4.78, 5) is 16.8. The monoisotopic (exact) mass is 374 g/mol. The highest BCUT2D eigenvalue weighted by molar-refractivity contribution is 5.71. The Kier molecular flexibility index (Phi) is 4.46. The number of anilines is 1. The molecule has 0 unspecified atom stereocenters. The molecule has 5 heterocycles. The lowest BCUT2D eigenvalue weighted by Crippen LogP contribution is -2.49. The Bertz CT molecular complexity index is 841. The van der Waals surface area contributed by atoms with Gasteiger partial charge in [-0.1, -0.05) is 0 Å². The summed E-state index contributed by atoms with van der Waals surface area (Å²) in [5.74, 6) is 1.61. The predicted molar refractivity (Wildman–Crippen MR) is 99.5 cm³/mol. The van der Waals surface area contributed by atoms with Gasteiger partial charge in [0.1, 0.15) is 5.82 Å². The molecule has 5 rings (SSSR count). The molecule has 27 heavy (non-hydrogen) atoms. The summed E-state index contributed by atoms with van der Waals surface area (Å²) in [5, 5.41) is 14.4. The van der Waals surface area contributed by atoms with Crippen LogP contribution in [0.15, 0.2) is 11.0 Å². The summed E-state index contributed by atoms with van der Waals surface area (Å²) >= 11 is 0. The van der Waals surface area contributed by atoms with E-state index in [1.54, 1.807) is 10.8 Å². The largest absolute Gasteiger partial charge is 0.379 e. The SMILES string of the molecule is O=c1[nH]nc2n1CNc1c-2cnn1CCN1CCC(N2CCOCC2)CC1. The van der Waals surface area contributed by atoms with Crippen LogP contribution in [0.5, 0.6) is 0 Å². The van der Waals surface area contributed by atoms with Crippen LogP contribution in [0.4, 0.5) is 5.82 Å². The van der Waals surface area contributed by atoms with Crippen LogP contribution in [-0.2, 0) is 18.0 Å². The third-order valence-electron chi connectivity index (χ3n) is 5.99. The van der Waals surface area contributed by atoms with Gasteiger partial charge in [-0.25, -0.2) is 14.6 Å². The molecular weight excluding hydrogens is 348 g/mol. The lowest BCUT2D eigenvalue weighted by atomic mass is 10.0. The maximum absolute atomic E-state index is 11.7. The Morgan fingerprint density at radius 3 is 2.78 bits per heavy atom. The molecule has 0 atom stereocenters. The Morgan fingerprint density at radius 1 is 1.15 bits per heavy atom. The molecule has 146 valence electrons. The minimum Gasteiger partial charge on any atom is -0.379 e. The van der Waals surface area contributed by atoms with Gasteiger partial charge in [-0.2, -0.15) is 10.2 Å². The lowest BCUT2D eigenvalue weighted by molar-refractivity contribution is 0.000629. The fourth-order valence-electron chi connectivity index (χ4n) is 4.42. The van der Waals surface area contributed by atoms with Gasteiger partial charge >= 0.3 is 5.69 Å². The van der Waals surface area contributed by atoms with E-state index in [1.165, 1.54) is 12.8 Å². The first-order valence-corrected chi connectivity index (χ1v) is 9.79. The molecular formula is C17H26N8O2. The number of ether oxygens (including phenoxy) is 1. The topological polar surface area (TPSA) is 96.2 Å². The molecule has 2 aromatic rings. The van der Waals surface area contributed by atoms with Gasteiger partial charge in [0.05, 0.1) is 38.2 Å². The second-order valence-electron chi connectivity index (χ2n) is 7.47. The van der Waals surface area contributed by atoms with Gasteiger partial charge in [-0.3, -0.25) is 9.47 Å². The first kappa shape index (κ1) is 17.0. The molecule has 0 bridgehead atoms. The van der Waals surface area contributed by atoms with Crippen molar-refractivity contribution in [1.29, 1.82) is 0 Å². The van der Waals surface area contributed by atoms with Gasteiger partial charge in [0.2, 0.25) is 0 Å². The average molecular weight is 374 g/mol. The van der Waals surface area contributed by atoms with E-state index in [1.807, 2.05) is 4.68 Å². The molecule has 3 aliphatic heterocycles. The normalized spacial score (nSPS) is 21.6. The molecule has 2 N–H and O–H groups in total. The van der Waals surface area contributed by atoms with E-state index in [9.17, 15) is 4.79 Å². The lowest BCUT2D eigenvalue weighted by Gasteiger charge is -2.40. The third kappa shape index (κ3) is 3.17. The molecule has 0 aliphatic carbocycles. The van der Waals surface area contributed by atoms with E-state index in [0.717, 1.165) is 63.9 Å². The van der Waals surface area contributed by atoms with Crippen molar-refractivity contribution in [3.63, 3.8) is 0 Å². The fraction of sp³-hybridized carbons (Fsp3) is 0.706. The van der Waals surface area contributed by atoms with Gasteiger partial charge in [-0.15, -0.1) is 0 Å². The number of aromatic nitrogens is 5. The number of fused-ring (bicyclic) bond motifs is 3. The van der Waals surface area contributed by atoms with Crippen molar-refractivity contribution < 1.29 is 4.74 Å². The van der Waals surface area contributed by atoms with Gasteiger partial charge in [-0.05, 0) is 25.9 Å². The van der Waals surface area contributed by atoms with Gasteiger partial charge in [0.15, 0.2) is 5.82 Å². The standard InChI is InChI=1S/C17H26N8O2/c26-17-21-20-16-14-11-19-25(15(14)18-12-24(16)17)6-5-22-3-1-13(2-4-22)23-7-9-27-10-8-23/h11,13,18H,1-10,12H2,(H,21,26). The fourth-order valence-corrected chi connectivity index (χ4v) is 4.42. The number of rotatable bonds is 4. The number of nitrogens with one attached hydrogen (secondary N) is 2. The van der Waals surface area contributed by atoms with Crippen molar-refractivity contribution in [3.05, 3.63) is 16.7 Å². The van der Waals surface area contributed by atoms with Crippen LogP contribution < -0.4 is 11.0 Å². The van der Waals surface area contributed by atoms with Crippen molar-refractivity contribution >= 4 is 5.82 Å². The van der Waals surface area contributed by atoms with Crippen molar-refractivity contribution in [2.75, 3.05) is 51.3 Å². The maximum Gasteiger partial charge on any atom is 0.345 e. The molecule has 3 aliphatic rings. The van der Waals surface area contributed by atoms with E-state index in [2.05, 4.69) is 30.4 Å². The Morgan fingerprint density at radius 2 is 1.96 bits per heavy atom. The predicted octanol–water partition coefficient (Wildman–Crippen LogP) is -0.385. The molecule has 0 saturated carbocycles. The third-order valence-corrected chi connectivity index (χ3v) is 5.99. The minimum absolute atomic E-state index is 0.195. The minimum atomic E-state index is -0.195. The van der Waals surface area contributed by atoms with Gasteiger partial charge in [0, 0.05) is 25.7 Å². The molecule has 0 spiro atoms. The van der Waals surface area contributed by atoms with Gasteiger partial charge in [0.25, 0.3) is 0 Å². The Hall–Kier alpha value is -2.17. The second kappa shape index (κ2) is 7.10. The Labute approximate surface area is 157 Å². The number of piperidine rings is 1. The summed E-state index contributed by atoms with van der Waals surface area (Å²) in [5.41, 5.74) is 0.685. The number of H-pyrrole nitrogens is 1. The highest BCUT2D eigenvalue weighted by Gasteiger charge is 2.27. The van der Waals surface area contributed by atoms with Crippen LogP contribution >= 0.6 is 0 Å². The summed E-state index contributed by atoms with van der Waals surface area (Å²) in [7, 11) is 0. The summed E-state index contributed by atoms with van der Waals surface area (Å²) < 4.78 is 9.05. The zero-order chi connectivity index (χ0) is 18.2. The first-order chi connectivity index (χ1) is 13.3. The van der Waals surface area contributed by atoms with Crippen molar-refractivity contribution in [2.45, 2.75) is 32.1 Å². The van der Waals surface area contributed by atoms with Crippen molar-refractivity contribution in [2.24, 2.45) is 0 Å². The molecule has 0 radical (unpaired) electrons. The average Bonchev–Trinajstić information content (AvgIpc) is 3.31. The van der Waals surface area contributed by atoms with E-state index < -0.39 is 0 Å². The number of aromatic amines is 1. The van der Waals surface area contributed by atoms with E-state index in [4.69, 9.17) is 4.74 Å². The molecule has 2 fully saturated rings. The smallest absolute Gasteiger partial charge is 0.345 e. The zero-order valence-electron chi connectivity index (χ0n) is 15.4. The number of morpholine rings is 1. The van der Waals surface area contributed by atoms with Crippen LogP contribution in [0.25, 0.3) is 11.4 Å². The summed E-state index contributed by atoms with van der Waals surface area (Å²) in [6, 6.07) is 0.709. The second-order valence-corrected chi connectivity index (χ2v) is 7.47. The maximum atomic E-state index is 11.7. The first-order valence-electron chi connectivity index (χ1n) is 9.79. The quantitative estimate of drug-likeness (QED) is 0.753. The molecule has 10 nitrogen and oxygen atoms in total. The number of likely N-dealkylation sites (tertiary alicyclic amines) is 1. The highest BCUT2D eigenvalue weighted by atomic mass is 16.5. The Balaban J connectivity index is 1.18. The summed E-state index contributed by atoms with van der Waals surface area (Å²) in [6.07, 6.45) is 4.25. The van der Waals surface area contributed by atoms with Crippen LogP contribution in [0.1, 0.15) is 12.8 Å². The van der Waals surface area contributed by atoms with Crippen LogP contribution in [0.3, 0.4) is 0 Å². The number of nitrogens with zero attached hydrogens (tertiary/aromatic N) is 6. The van der Waals surface area contributed by atoms with Gasteiger partial charge < -0.3 is 15.0 Å². The molecule has 2 saturated heterocycles. The van der Waals surface area contributed by atoms with Crippen LogP contribution in [-0.4, -0.2) is 86.3 Å². The molecule has 2 aromatic heterocycles. The number of hydrogen-bond donors (Lipinski definition) is 2. The zero-order valence-corrected chi connectivity index (χ0v) is 15.4. The number of hydrogen-bond acceptors (Lipinski definition) is 7. The van der Waals surface area contributed by atoms with Crippen LogP contribution in [0.2, 0.25) is 0 Å². The van der Waals surface area contributed by atoms with E-state index in [-0.39, 0.29) is 5.69 Å². The summed E-state index contributed by atoms with van der Waals surface area (Å²) in [6.45, 7) is 8.42. The molecule has 0 aromatic carbocycles. The van der Waals surface area contributed by atoms with Crippen molar-refractivity contribution in [3.8, 4) is 11.4 Å². The van der Waals surface area contributed by atoms with E-state index in [0.29, 0.717) is 18.5 Å². The molecule has 0 amide bonds. The van der Waals surface area contributed by atoms with Crippen molar-refractivity contribution in [1.82, 2.24) is 34.3 Å². The van der Waals surface area contributed by atoms with E-state index >= 15 is 0 Å².